The topological polar surface area (TPSA) is 116 Å². The summed E-state index contributed by atoms with van der Waals surface area (Å²) in [5.41, 5.74) is 0.824. The number of rotatable bonds is 8. The van der Waals surface area contributed by atoms with Crippen LogP contribution in [0.2, 0.25) is 0 Å². The smallest absolute Gasteiger partial charge is 0.265 e. The SMILES string of the molecule is COc1ccc(CN2CCOc3ncc(NS(=O)(=O)c4cc(F)ccc4OC)cc3C2=O)c(OC)c1. The van der Waals surface area contributed by atoms with E-state index < -0.39 is 26.6 Å². The van der Waals surface area contributed by atoms with E-state index in [1.165, 1.54) is 32.5 Å². The summed E-state index contributed by atoms with van der Waals surface area (Å²) in [6.45, 7) is 0.674. The van der Waals surface area contributed by atoms with Crippen LogP contribution in [0.5, 0.6) is 23.1 Å². The van der Waals surface area contributed by atoms with E-state index in [1.54, 1.807) is 30.2 Å². The summed E-state index contributed by atoms with van der Waals surface area (Å²) in [7, 11) is 0.0884. The number of ether oxygens (including phenoxy) is 4. The van der Waals surface area contributed by atoms with Crippen LogP contribution in [0.25, 0.3) is 0 Å². The van der Waals surface area contributed by atoms with Crippen molar-refractivity contribution in [3.63, 3.8) is 0 Å². The molecule has 190 valence electrons. The molecule has 1 aliphatic rings. The van der Waals surface area contributed by atoms with Gasteiger partial charge < -0.3 is 23.8 Å². The molecular weight excluding hydrogens is 493 g/mol. The van der Waals surface area contributed by atoms with Gasteiger partial charge in [0.1, 0.15) is 40.1 Å². The van der Waals surface area contributed by atoms with Crippen LogP contribution < -0.4 is 23.7 Å². The van der Waals surface area contributed by atoms with Crippen LogP contribution in [0.3, 0.4) is 0 Å². The summed E-state index contributed by atoms with van der Waals surface area (Å²) in [6, 6.07) is 9.75. The molecule has 0 saturated carbocycles. The molecule has 0 fully saturated rings. The van der Waals surface area contributed by atoms with E-state index in [4.69, 9.17) is 18.9 Å². The molecular formula is C24H24FN3O7S. The lowest BCUT2D eigenvalue weighted by Gasteiger charge is -2.21. The van der Waals surface area contributed by atoms with E-state index in [2.05, 4.69) is 9.71 Å². The number of halogens is 1. The van der Waals surface area contributed by atoms with E-state index in [1.807, 2.05) is 0 Å². The lowest BCUT2D eigenvalue weighted by atomic mass is 10.1. The van der Waals surface area contributed by atoms with Crippen molar-refractivity contribution in [3.8, 4) is 23.1 Å². The van der Waals surface area contributed by atoms with E-state index >= 15 is 0 Å². The summed E-state index contributed by atoms with van der Waals surface area (Å²) < 4.78 is 63.3. The summed E-state index contributed by atoms with van der Waals surface area (Å²) in [5, 5.41) is 0. The van der Waals surface area contributed by atoms with Gasteiger partial charge in [0.25, 0.3) is 15.9 Å². The van der Waals surface area contributed by atoms with Crippen LogP contribution >= 0.6 is 0 Å². The number of carbonyl (C=O) groups is 1. The lowest BCUT2D eigenvalue weighted by Crippen LogP contribution is -2.32. The second-order valence-electron chi connectivity index (χ2n) is 7.73. The summed E-state index contributed by atoms with van der Waals surface area (Å²) >= 11 is 0. The molecule has 0 aliphatic carbocycles. The normalized spacial score (nSPS) is 13.3. The first-order chi connectivity index (χ1) is 17.2. The molecule has 0 bridgehead atoms. The van der Waals surface area contributed by atoms with E-state index in [0.717, 1.165) is 17.7 Å². The minimum atomic E-state index is -4.26. The Labute approximate surface area is 207 Å². The second kappa shape index (κ2) is 10.3. The molecule has 0 radical (unpaired) electrons. The zero-order valence-electron chi connectivity index (χ0n) is 19.8. The van der Waals surface area contributed by atoms with Crippen molar-refractivity contribution in [2.75, 3.05) is 39.2 Å². The Kier molecular flexibility index (Phi) is 7.15. The van der Waals surface area contributed by atoms with Crippen molar-refractivity contribution in [2.45, 2.75) is 11.4 Å². The highest BCUT2D eigenvalue weighted by molar-refractivity contribution is 7.92. The van der Waals surface area contributed by atoms with Gasteiger partial charge in [-0.1, -0.05) is 0 Å². The number of amides is 1. The molecule has 10 nitrogen and oxygen atoms in total. The summed E-state index contributed by atoms with van der Waals surface area (Å²) in [5.74, 6) is 0.0570. The largest absolute Gasteiger partial charge is 0.497 e. The first kappa shape index (κ1) is 25.0. The number of sulfonamides is 1. The summed E-state index contributed by atoms with van der Waals surface area (Å²) in [6.07, 6.45) is 1.22. The van der Waals surface area contributed by atoms with Gasteiger partial charge in [0.2, 0.25) is 5.88 Å². The first-order valence-electron chi connectivity index (χ1n) is 10.7. The molecule has 36 heavy (non-hydrogen) atoms. The Balaban J connectivity index is 1.62. The molecule has 0 atom stereocenters. The van der Waals surface area contributed by atoms with Crippen molar-refractivity contribution in [2.24, 2.45) is 0 Å². The Bertz CT molecular complexity index is 1400. The molecule has 1 amide bonds. The molecule has 2 heterocycles. The third-order valence-electron chi connectivity index (χ3n) is 5.49. The number of hydrogen-bond acceptors (Lipinski definition) is 8. The van der Waals surface area contributed by atoms with Gasteiger partial charge in [-0.2, -0.15) is 0 Å². The van der Waals surface area contributed by atoms with Crippen molar-refractivity contribution >= 4 is 21.6 Å². The Morgan fingerprint density at radius 3 is 2.56 bits per heavy atom. The van der Waals surface area contributed by atoms with Crippen LogP contribution in [0, 0.1) is 5.82 Å². The number of pyridine rings is 1. The number of aromatic nitrogens is 1. The fourth-order valence-electron chi connectivity index (χ4n) is 3.71. The van der Waals surface area contributed by atoms with Gasteiger partial charge in [-0.15, -0.1) is 0 Å². The van der Waals surface area contributed by atoms with Crippen LogP contribution in [0.4, 0.5) is 10.1 Å². The minimum Gasteiger partial charge on any atom is -0.497 e. The number of nitrogens with one attached hydrogen (secondary N) is 1. The molecule has 2 aromatic carbocycles. The average molecular weight is 518 g/mol. The quantitative estimate of drug-likeness (QED) is 0.485. The first-order valence-corrected chi connectivity index (χ1v) is 12.2. The molecule has 4 rings (SSSR count). The molecule has 1 aliphatic heterocycles. The fraction of sp³-hybridized carbons (Fsp3) is 0.250. The highest BCUT2D eigenvalue weighted by Gasteiger charge is 2.27. The third-order valence-corrected chi connectivity index (χ3v) is 6.89. The molecule has 3 aromatic rings. The highest BCUT2D eigenvalue weighted by Crippen LogP contribution is 2.31. The predicted molar refractivity (Wildman–Crippen MR) is 128 cm³/mol. The molecule has 0 saturated heterocycles. The Hall–Kier alpha value is -4.06. The van der Waals surface area contributed by atoms with Crippen molar-refractivity contribution in [1.29, 1.82) is 0 Å². The van der Waals surface area contributed by atoms with Crippen LogP contribution in [0.15, 0.2) is 53.6 Å². The van der Waals surface area contributed by atoms with Gasteiger partial charge in [0.05, 0.1) is 39.8 Å². The Morgan fingerprint density at radius 1 is 1.06 bits per heavy atom. The Morgan fingerprint density at radius 2 is 1.83 bits per heavy atom. The van der Waals surface area contributed by atoms with Gasteiger partial charge >= 0.3 is 0 Å². The number of hydrogen-bond donors (Lipinski definition) is 1. The highest BCUT2D eigenvalue weighted by atomic mass is 32.2. The molecule has 0 spiro atoms. The number of benzene rings is 2. The van der Waals surface area contributed by atoms with Crippen LogP contribution in [0.1, 0.15) is 15.9 Å². The molecule has 0 unspecified atom stereocenters. The van der Waals surface area contributed by atoms with Gasteiger partial charge in [-0.3, -0.25) is 9.52 Å². The van der Waals surface area contributed by atoms with Crippen molar-refractivity contribution in [1.82, 2.24) is 9.88 Å². The van der Waals surface area contributed by atoms with Crippen LogP contribution in [-0.2, 0) is 16.6 Å². The second-order valence-corrected chi connectivity index (χ2v) is 9.38. The molecule has 12 heteroatoms. The standard InChI is InChI=1S/C24H24FN3O7S/c1-32-18-6-4-15(21(12-18)34-3)14-28-8-9-35-23-19(24(28)29)11-17(13-26-23)27-36(30,31)22-10-16(25)5-7-20(22)33-2/h4-7,10-13,27H,8-9,14H2,1-3H3. The van der Waals surface area contributed by atoms with Gasteiger partial charge in [-0.05, 0) is 36.4 Å². The van der Waals surface area contributed by atoms with Crippen LogP contribution in [-0.4, -0.2) is 58.7 Å². The van der Waals surface area contributed by atoms with E-state index in [9.17, 15) is 17.6 Å². The number of anilines is 1. The zero-order valence-corrected chi connectivity index (χ0v) is 20.6. The predicted octanol–water partition coefficient (Wildman–Crippen LogP) is 3.08. The molecule has 1 aromatic heterocycles. The average Bonchev–Trinajstić information content (AvgIpc) is 3.02. The summed E-state index contributed by atoms with van der Waals surface area (Å²) in [4.78, 5) is 18.7. The maximum Gasteiger partial charge on any atom is 0.265 e. The van der Waals surface area contributed by atoms with Gasteiger partial charge in [0.15, 0.2) is 0 Å². The number of methoxy groups -OCH3 is 3. The van der Waals surface area contributed by atoms with E-state index in [-0.39, 0.29) is 42.6 Å². The maximum absolute atomic E-state index is 13.7. The van der Waals surface area contributed by atoms with Crippen molar-refractivity contribution < 1.29 is 36.6 Å². The van der Waals surface area contributed by atoms with E-state index in [0.29, 0.717) is 11.5 Å². The zero-order chi connectivity index (χ0) is 25.9. The lowest BCUT2D eigenvalue weighted by molar-refractivity contribution is 0.0742. The molecule has 1 N–H and O–H groups in total. The van der Waals surface area contributed by atoms with Gasteiger partial charge in [-0.25, -0.2) is 17.8 Å². The number of carbonyl (C=O) groups excluding carboxylic acids is 1. The maximum atomic E-state index is 13.7. The van der Waals surface area contributed by atoms with Crippen molar-refractivity contribution in [3.05, 3.63) is 65.6 Å². The number of fused-ring (bicyclic) bond motifs is 1. The number of nitrogens with zero attached hydrogens (tertiary/aromatic N) is 2. The monoisotopic (exact) mass is 517 g/mol. The fourth-order valence-corrected chi connectivity index (χ4v) is 4.93. The minimum absolute atomic E-state index is 0.000826. The van der Waals surface area contributed by atoms with Gasteiger partial charge in [0, 0.05) is 18.2 Å². The third kappa shape index (κ3) is 5.13.